The molecule has 3 heterocycles. The van der Waals surface area contributed by atoms with Crippen LogP contribution in [0.3, 0.4) is 0 Å². The Labute approximate surface area is 202 Å². The van der Waals surface area contributed by atoms with Crippen LogP contribution in [-0.4, -0.2) is 68.4 Å². The molecule has 1 aliphatic heterocycles. The van der Waals surface area contributed by atoms with Crippen LogP contribution in [0.1, 0.15) is 23.1 Å². The standard InChI is InChI=1S/C24H20F2N6O4/c25-21(26)12-36-20-6-19-18(5-13(20)8-27)28-22(29-19)7-17-15-3-1-2-4-16(15)24(35)32(30-17)14-9-31(10-14)11-23(33)34/h1-6,14,21H,7,9-12H2,(H,28,29)(H,33,34). The van der Waals surface area contributed by atoms with Gasteiger partial charge in [0, 0.05) is 24.5 Å². The molecule has 0 radical (unpaired) electrons. The first kappa shape index (κ1) is 23.4. The first-order chi connectivity index (χ1) is 17.3. The molecule has 0 bridgehead atoms. The Hall–Kier alpha value is -4.37. The molecule has 0 amide bonds. The number of carboxylic acid groups (broad SMARTS) is 1. The van der Waals surface area contributed by atoms with E-state index >= 15 is 0 Å². The van der Waals surface area contributed by atoms with Crippen molar-refractivity contribution in [2.45, 2.75) is 18.9 Å². The summed E-state index contributed by atoms with van der Waals surface area (Å²) in [5.41, 5.74) is 1.42. The highest BCUT2D eigenvalue weighted by Crippen LogP contribution is 2.26. The van der Waals surface area contributed by atoms with Crippen LogP contribution in [0.2, 0.25) is 0 Å². The van der Waals surface area contributed by atoms with E-state index in [4.69, 9.17) is 9.84 Å². The summed E-state index contributed by atoms with van der Waals surface area (Å²) >= 11 is 0. The molecule has 1 fully saturated rings. The molecule has 0 atom stereocenters. The smallest absolute Gasteiger partial charge is 0.317 e. The molecule has 184 valence electrons. The Morgan fingerprint density at radius 3 is 2.72 bits per heavy atom. The van der Waals surface area contributed by atoms with Gasteiger partial charge in [0.2, 0.25) is 0 Å². The first-order valence-corrected chi connectivity index (χ1v) is 11.1. The van der Waals surface area contributed by atoms with Crippen molar-refractivity contribution < 1.29 is 23.4 Å². The van der Waals surface area contributed by atoms with E-state index in [0.29, 0.717) is 46.4 Å². The van der Waals surface area contributed by atoms with Gasteiger partial charge in [0.05, 0.1) is 46.7 Å². The van der Waals surface area contributed by atoms with Crippen molar-refractivity contribution in [1.82, 2.24) is 24.6 Å². The van der Waals surface area contributed by atoms with E-state index < -0.39 is 19.0 Å². The van der Waals surface area contributed by atoms with Gasteiger partial charge < -0.3 is 14.8 Å². The number of fused-ring (bicyclic) bond motifs is 2. The van der Waals surface area contributed by atoms with E-state index in [0.717, 1.165) is 0 Å². The minimum Gasteiger partial charge on any atom is -0.486 e. The number of H-pyrrole nitrogens is 1. The second kappa shape index (κ2) is 9.35. The fourth-order valence-electron chi connectivity index (χ4n) is 4.36. The molecule has 2 N–H and O–H groups in total. The van der Waals surface area contributed by atoms with Gasteiger partial charge in [-0.25, -0.2) is 18.4 Å². The molecule has 0 aliphatic carbocycles. The van der Waals surface area contributed by atoms with Gasteiger partial charge in [-0.2, -0.15) is 10.4 Å². The van der Waals surface area contributed by atoms with Crippen LogP contribution in [0.5, 0.6) is 5.75 Å². The van der Waals surface area contributed by atoms with Gasteiger partial charge >= 0.3 is 5.97 Å². The van der Waals surface area contributed by atoms with Crippen molar-refractivity contribution in [3.63, 3.8) is 0 Å². The molecule has 2 aromatic heterocycles. The number of nitriles is 1. The zero-order valence-corrected chi connectivity index (χ0v) is 18.8. The maximum atomic E-state index is 13.1. The number of halogens is 2. The number of aliphatic carboxylic acids is 1. The molecule has 0 saturated carbocycles. The van der Waals surface area contributed by atoms with Gasteiger partial charge in [0.1, 0.15) is 24.3 Å². The summed E-state index contributed by atoms with van der Waals surface area (Å²) in [5.74, 6) is -0.402. The second-order valence-electron chi connectivity index (χ2n) is 8.52. The van der Waals surface area contributed by atoms with Gasteiger partial charge in [0.15, 0.2) is 0 Å². The van der Waals surface area contributed by atoms with Gasteiger partial charge in [-0.05, 0) is 12.1 Å². The lowest BCUT2D eigenvalue weighted by molar-refractivity contribution is -0.139. The van der Waals surface area contributed by atoms with Crippen molar-refractivity contribution >= 4 is 27.8 Å². The average Bonchev–Trinajstić information content (AvgIpc) is 3.22. The molecule has 12 heteroatoms. The number of alkyl halides is 2. The predicted octanol–water partition coefficient (Wildman–Crippen LogP) is 2.32. The summed E-state index contributed by atoms with van der Waals surface area (Å²) in [4.78, 5) is 33.4. The quantitative estimate of drug-likeness (QED) is 0.381. The van der Waals surface area contributed by atoms with Crippen molar-refractivity contribution in [3.05, 3.63) is 63.8 Å². The van der Waals surface area contributed by atoms with Gasteiger partial charge in [-0.1, -0.05) is 18.2 Å². The highest BCUT2D eigenvalue weighted by molar-refractivity contribution is 5.84. The highest BCUT2D eigenvalue weighted by Gasteiger charge is 2.31. The molecule has 5 rings (SSSR count). The van der Waals surface area contributed by atoms with E-state index in [2.05, 4.69) is 15.1 Å². The van der Waals surface area contributed by atoms with Crippen LogP contribution < -0.4 is 10.3 Å². The van der Waals surface area contributed by atoms with Crippen LogP contribution in [-0.2, 0) is 11.2 Å². The van der Waals surface area contributed by atoms with E-state index in [-0.39, 0.29) is 35.9 Å². The maximum absolute atomic E-state index is 13.1. The summed E-state index contributed by atoms with van der Waals surface area (Å²) in [6.07, 6.45) is -2.44. The number of imidazole rings is 1. The van der Waals surface area contributed by atoms with Crippen LogP contribution in [0.15, 0.2) is 41.2 Å². The van der Waals surface area contributed by atoms with Crippen molar-refractivity contribution in [1.29, 1.82) is 5.26 Å². The average molecular weight is 494 g/mol. The van der Waals surface area contributed by atoms with Crippen molar-refractivity contribution in [2.75, 3.05) is 26.2 Å². The zero-order valence-electron chi connectivity index (χ0n) is 18.8. The minimum atomic E-state index is -2.68. The number of carbonyl (C=O) groups is 1. The fourth-order valence-corrected chi connectivity index (χ4v) is 4.36. The molecule has 0 unspecified atom stereocenters. The number of nitrogens with one attached hydrogen (secondary N) is 1. The summed E-state index contributed by atoms with van der Waals surface area (Å²) in [7, 11) is 0. The molecule has 4 aromatic rings. The summed E-state index contributed by atoms with van der Waals surface area (Å²) in [6, 6.07) is 11.7. The Morgan fingerprint density at radius 1 is 1.28 bits per heavy atom. The van der Waals surface area contributed by atoms with Crippen LogP contribution >= 0.6 is 0 Å². The van der Waals surface area contributed by atoms with Crippen molar-refractivity contribution in [2.24, 2.45) is 0 Å². The second-order valence-corrected chi connectivity index (χ2v) is 8.52. The number of aromatic amines is 1. The number of benzene rings is 2. The van der Waals surface area contributed by atoms with E-state index in [9.17, 15) is 23.6 Å². The summed E-state index contributed by atoms with van der Waals surface area (Å²) < 4.78 is 31.6. The molecule has 1 aliphatic rings. The largest absolute Gasteiger partial charge is 0.486 e. The summed E-state index contributed by atoms with van der Waals surface area (Å²) in [6.45, 7) is -0.127. The predicted molar refractivity (Wildman–Crippen MR) is 124 cm³/mol. The lowest BCUT2D eigenvalue weighted by Gasteiger charge is -2.38. The van der Waals surface area contributed by atoms with Crippen LogP contribution in [0, 0.1) is 11.3 Å². The molecular formula is C24H20F2N6O4. The topological polar surface area (TPSA) is 137 Å². The SMILES string of the molecule is N#Cc1cc2[nH]c(Cc3nn(C4CN(CC(=O)O)C4)c(=O)c4ccccc34)nc2cc1OCC(F)F. The normalized spacial score (nSPS) is 14.3. The zero-order chi connectivity index (χ0) is 25.4. The Bertz CT molecular complexity index is 1570. The van der Waals surface area contributed by atoms with Crippen molar-refractivity contribution in [3.8, 4) is 11.8 Å². The number of aromatic nitrogens is 4. The Balaban J connectivity index is 1.49. The molecular weight excluding hydrogens is 474 g/mol. The third kappa shape index (κ3) is 4.48. The first-order valence-electron chi connectivity index (χ1n) is 11.1. The monoisotopic (exact) mass is 494 g/mol. The van der Waals surface area contributed by atoms with E-state index in [1.165, 1.54) is 16.8 Å². The van der Waals surface area contributed by atoms with E-state index in [1.54, 1.807) is 29.2 Å². The fraction of sp³-hybridized carbons (Fsp3) is 0.292. The summed E-state index contributed by atoms with van der Waals surface area (Å²) in [5, 5.41) is 24.1. The Kier molecular flexibility index (Phi) is 6.07. The molecule has 2 aromatic carbocycles. The number of carboxylic acids is 1. The lowest BCUT2D eigenvalue weighted by atomic mass is 10.1. The van der Waals surface area contributed by atoms with E-state index in [1.807, 2.05) is 6.07 Å². The molecule has 10 nitrogen and oxygen atoms in total. The third-order valence-corrected chi connectivity index (χ3v) is 6.00. The lowest BCUT2D eigenvalue weighted by Crippen LogP contribution is -2.52. The number of nitrogens with zero attached hydrogens (tertiary/aromatic N) is 5. The van der Waals surface area contributed by atoms with Crippen LogP contribution in [0.4, 0.5) is 8.78 Å². The number of hydrogen-bond donors (Lipinski definition) is 2. The van der Waals surface area contributed by atoms with Gasteiger partial charge in [0.25, 0.3) is 12.0 Å². The maximum Gasteiger partial charge on any atom is 0.317 e. The van der Waals surface area contributed by atoms with Gasteiger partial charge in [-0.3, -0.25) is 14.5 Å². The number of rotatable bonds is 8. The Morgan fingerprint density at radius 2 is 2.03 bits per heavy atom. The molecule has 0 spiro atoms. The van der Waals surface area contributed by atoms with Crippen LogP contribution in [0.25, 0.3) is 21.8 Å². The highest BCUT2D eigenvalue weighted by atomic mass is 19.3. The van der Waals surface area contributed by atoms with Gasteiger partial charge in [-0.15, -0.1) is 0 Å². The number of hydrogen-bond acceptors (Lipinski definition) is 7. The number of ether oxygens (including phenoxy) is 1. The molecule has 1 saturated heterocycles. The molecule has 36 heavy (non-hydrogen) atoms. The third-order valence-electron chi connectivity index (χ3n) is 6.00. The minimum absolute atomic E-state index is 0.0244. The number of likely N-dealkylation sites (tertiary alicyclic amines) is 1.